The summed E-state index contributed by atoms with van der Waals surface area (Å²) in [5.74, 6) is 0.773. The van der Waals surface area contributed by atoms with Gasteiger partial charge in [0, 0.05) is 22.7 Å². The summed E-state index contributed by atoms with van der Waals surface area (Å²) in [4.78, 5) is 7.69. The van der Waals surface area contributed by atoms with Gasteiger partial charge < -0.3 is 27.0 Å². The van der Waals surface area contributed by atoms with Gasteiger partial charge in [0.1, 0.15) is 0 Å². The van der Waals surface area contributed by atoms with Gasteiger partial charge in [-0.05, 0) is 24.6 Å². The molecule has 2 aromatic rings. The van der Waals surface area contributed by atoms with E-state index in [1.165, 1.54) is 10.9 Å². The standard InChI is InChI=1S/C12H12N2O.BF4/c1-2-15-12-9-4-3-5-10-11(9)8(6-13-10)7-14-12;2-1(3,4)5/h3-6,13H,2,7H2,1H3;/q;-1. The molecule has 0 atom stereocenters. The van der Waals surface area contributed by atoms with Gasteiger partial charge in [0.25, 0.3) is 0 Å². The Morgan fingerprint density at radius 3 is 2.65 bits per heavy atom. The smallest absolute Gasteiger partial charge is 0.478 e. The Hall–Kier alpha value is -1.99. The first-order chi connectivity index (χ1) is 9.40. The van der Waals surface area contributed by atoms with Crippen LogP contribution in [0.4, 0.5) is 17.3 Å². The number of benzene rings is 1. The molecule has 0 bridgehead atoms. The quantitative estimate of drug-likeness (QED) is 0.629. The van der Waals surface area contributed by atoms with Crippen LogP contribution in [0.1, 0.15) is 18.1 Å². The second-order valence-corrected chi connectivity index (χ2v) is 4.09. The van der Waals surface area contributed by atoms with Gasteiger partial charge >= 0.3 is 7.25 Å². The molecule has 1 aliphatic heterocycles. The van der Waals surface area contributed by atoms with E-state index in [2.05, 4.69) is 22.1 Å². The molecule has 1 aromatic heterocycles. The van der Waals surface area contributed by atoms with E-state index < -0.39 is 7.25 Å². The second kappa shape index (κ2) is 5.56. The minimum atomic E-state index is -6.00. The Morgan fingerprint density at radius 2 is 2.00 bits per heavy atom. The van der Waals surface area contributed by atoms with Gasteiger partial charge in [-0.15, -0.1) is 0 Å². The van der Waals surface area contributed by atoms with Crippen molar-refractivity contribution >= 4 is 24.1 Å². The molecule has 0 unspecified atom stereocenters. The van der Waals surface area contributed by atoms with Crippen molar-refractivity contribution in [3.8, 4) is 0 Å². The number of hydrogen-bond donors (Lipinski definition) is 1. The largest absolute Gasteiger partial charge is 0.673 e. The molecule has 108 valence electrons. The number of aromatic amines is 1. The average Bonchev–Trinajstić information content (AvgIpc) is 2.76. The second-order valence-electron chi connectivity index (χ2n) is 4.09. The van der Waals surface area contributed by atoms with E-state index in [0.29, 0.717) is 13.2 Å². The maximum Gasteiger partial charge on any atom is 0.673 e. The van der Waals surface area contributed by atoms with E-state index in [1.807, 2.05) is 19.2 Å². The topological polar surface area (TPSA) is 37.4 Å². The number of aromatic nitrogens is 1. The summed E-state index contributed by atoms with van der Waals surface area (Å²) in [7, 11) is -6.00. The van der Waals surface area contributed by atoms with E-state index in [0.717, 1.165) is 17.0 Å². The minimum absolute atomic E-state index is 0.662. The van der Waals surface area contributed by atoms with Crippen LogP contribution < -0.4 is 0 Å². The van der Waals surface area contributed by atoms with Crippen LogP contribution in [-0.2, 0) is 11.3 Å². The molecule has 0 aliphatic carbocycles. The normalized spacial score (nSPS) is 13.6. The van der Waals surface area contributed by atoms with Gasteiger partial charge in [-0.3, -0.25) is 0 Å². The fraction of sp³-hybridized carbons (Fsp3) is 0.250. The van der Waals surface area contributed by atoms with Gasteiger partial charge in [0.15, 0.2) is 0 Å². The summed E-state index contributed by atoms with van der Waals surface area (Å²) >= 11 is 0. The zero-order valence-corrected chi connectivity index (χ0v) is 10.7. The molecule has 2 heterocycles. The number of hydrogen-bond acceptors (Lipinski definition) is 2. The highest BCUT2D eigenvalue weighted by atomic mass is 19.5. The summed E-state index contributed by atoms with van der Waals surface area (Å²) in [6.45, 7) is 3.36. The van der Waals surface area contributed by atoms with Crippen LogP contribution in [0.3, 0.4) is 0 Å². The van der Waals surface area contributed by atoms with Crippen LogP contribution in [-0.4, -0.2) is 24.7 Å². The van der Waals surface area contributed by atoms with Crippen molar-refractivity contribution in [2.75, 3.05) is 6.61 Å². The van der Waals surface area contributed by atoms with E-state index in [4.69, 9.17) is 4.74 Å². The van der Waals surface area contributed by atoms with Crippen molar-refractivity contribution in [3.63, 3.8) is 0 Å². The first-order valence-corrected chi connectivity index (χ1v) is 6.04. The van der Waals surface area contributed by atoms with Crippen LogP contribution in [0.2, 0.25) is 0 Å². The Labute approximate surface area is 112 Å². The number of ether oxygens (including phenoxy) is 1. The summed E-state index contributed by atoms with van der Waals surface area (Å²) in [6.07, 6.45) is 2.03. The van der Waals surface area contributed by atoms with Crippen LogP contribution in [0.15, 0.2) is 29.4 Å². The van der Waals surface area contributed by atoms with Crippen LogP contribution >= 0.6 is 0 Å². The van der Waals surface area contributed by atoms with Crippen molar-refractivity contribution < 1.29 is 22.0 Å². The third-order valence-electron chi connectivity index (χ3n) is 2.69. The van der Waals surface area contributed by atoms with Crippen molar-refractivity contribution in [1.29, 1.82) is 0 Å². The molecule has 3 nitrogen and oxygen atoms in total. The molecule has 20 heavy (non-hydrogen) atoms. The number of aliphatic imine (C=N–C) groups is 1. The van der Waals surface area contributed by atoms with Crippen LogP contribution in [0, 0.1) is 0 Å². The maximum atomic E-state index is 9.75. The predicted octanol–water partition coefficient (Wildman–Crippen LogP) is 3.76. The van der Waals surface area contributed by atoms with E-state index in [1.54, 1.807) is 0 Å². The number of rotatable bonds is 1. The maximum absolute atomic E-state index is 9.75. The van der Waals surface area contributed by atoms with Crippen LogP contribution in [0.5, 0.6) is 0 Å². The van der Waals surface area contributed by atoms with Crippen molar-refractivity contribution in [1.82, 2.24) is 4.98 Å². The number of halogens is 4. The van der Waals surface area contributed by atoms with Crippen LogP contribution in [0.25, 0.3) is 10.9 Å². The Balaban J connectivity index is 0.000000257. The third-order valence-corrected chi connectivity index (χ3v) is 2.69. The zero-order chi connectivity index (χ0) is 14.8. The number of nitrogens with zero attached hydrogens (tertiary/aromatic N) is 1. The van der Waals surface area contributed by atoms with Gasteiger partial charge in [-0.1, -0.05) is 6.07 Å². The zero-order valence-electron chi connectivity index (χ0n) is 10.7. The molecule has 0 spiro atoms. The molecule has 1 aliphatic rings. The highest BCUT2D eigenvalue weighted by Gasteiger charge is 2.20. The molecule has 0 saturated carbocycles. The fourth-order valence-electron chi connectivity index (χ4n) is 2.06. The van der Waals surface area contributed by atoms with Gasteiger partial charge in [0.05, 0.1) is 13.2 Å². The highest BCUT2D eigenvalue weighted by Crippen LogP contribution is 2.27. The molecule has 1 aromatic carbocycles. The fourth-order valence-corrected chi connectivity index (χ4v) is 2.06. The van der Waals surface area contributed by atoms with Crippen molar-refractivity contribution in [3.05, 3.63) is 35.5 Å². The highest BCUT2D eigenvalue weighted by molar-refractivity contribution is 6.50. The van der Waals surface area contributed by atoms with Gasteiger partial charge in [0.2, 0.25) is 5.90 Å². The summed E-state index contributed by atoms with van der Waals surface area (Å²) in [5, 5.41) is 1.26. The monoisotopic (exact) mass is 287 g/mol. The first kappa shape index (κ1) is 14.4. The Bertz CT molecular complexity index is 630. The Kier molecular flexibility index (Phi) is 4.01. The molecule has 0 saturated heterocycles. The lowest BCUT2D eigenvalue weighted by molar-refractivity contribution is 0.326. The lowest BCUT2D eigenvalue weighted by atomic mass is 10.0. The first-order valence-electron chi connectivity index (χ1n) is 6.04. The van der Waals surface area contributed by atoms with E-state index >= 15 is 0 Å². The molecule has 3 rings (SSSR count). The number of nitrogens with one attached hydrogen (secondary N) is 1. The summed E-state index contributed by atoms with van der Waals surface area (Å²) < 4.78 is 44.5. The Morgan fingerprint density at radius 1 is 1.30 bits per heavy atom. The van der Waals surface area contributed by atoms with E-state index in [9.17, 15) is 17.3 Å². The average molecular weight is 287 g/mol. The molecule has 8 heteroatoms. The summed E-state index contributed by atoms with van der Waals surface area (Å²) in [6, 6.07) is 6.17. The van der Waals surface area contributed by atoms with Gasteiger partial charge in [-0.2, -0.15) is 0 Å². The molecular formula is C12H12BF4N2O-. The van der Waals surface area contributed by atoms with Crippen molar-refractivity contribution in [2.24, 2.45) is 4.99 Å². The summed E-state index contributed by atoms with van der Waals surface area (Å²) in [5.41, 5.74) is 3.52. The molecule has 0 radical (unpaired) electrons. The number of H-pyrrole nitrogens is 1. The van der Waals surface area contributed by atoms with E-state index in [-0.39, 0.29) is 0 Å². The molecule has 1 N–H and O–H groups in total. The lowest BCUT2D eigenvalue weighted by Crippen LogP contribution is -2.11. The lowest BCUT2D eigenvalue weighted by Gasteiger charge is -2.13. The third kappa shape index (κ3) is 3.31. The molecule has 0 fully saturated rings. The molecular weight excluding hydrogens is 275 g/mol. The molecule has 0 amide bonds. The van der Waals surface area contributed by atoms with Crippen molar-refractivity contribution in [2.45, 2.75) is 13.5 Å². The SMILES string of the molecule is CCOC1=NCc2c[nH]c3cccc1c23.F[B-](F)(F)F. The van der Waals surface area contributed by atoms with Gasteiger partial charge in [-0.25, -0.2) is 4.99 Å². The predicted molar refractivity (Wildman–Crippen MR) is 70.4 cm³/mol. The minimum Gasteiger partial charge on any atom is -0.478 e.